The van der Waals surface area contributed by atoms with E-state index in [0.29, 0.717) is 30.8 Å². The monoisotopic (exact) mass is 420 g/mol. The topological polar surface area (TPSA) is 84.2 Å². The summed E-state index contributed by atoms with van der Waals surface area (Å²) in [6.45, 7) is 3.07. The molecule has 4 rings (SSSR count). The number of sulfonamides is 1. The quantitative estimate of drug-likeness (QED) is 0.640. The molecule has 0 amide bonds. The fourth-order valence-corrected chi connectivity index (χ4v) is 4.64. The van der Waals surface area contributed by atoms with E-state index in [1.165, 1.54) is 10.6 Å². The number of aromatic nitrogens is 4. The highest BCUT2D eigenvalue weighted by atomic mass is 32.2. The summed E-state index contributed by atoms with van der Waals surface area (Å²) in [5, 5.41) is 0. The van der Waals surface area contributed by atoms with Crippen LogP contribution in [-0.2, 0) is 10.0 Å². The number of anilines is 1. The molecule has 1 aliphatic heterocycles. The Kier molecular flexibility index (Phi) is 5.01. The van der Waals surface area contributed by atoms with E-state index in [0.717, 1.165) is 18.0 Å². The van der Waals surface area contributed by atoms with Gasteiger partial charge in [0, 0.05) is 44.6 Å². The lowest BCUT2D eigenvalue weighted by Crippen LogP contribution is -2.49. The maximum atomic E-state index is 13.5. The summed E-state index contributed by atoms with van der Waals surface area (Å²) < 4.78 is 55.1. The van der Waals surface area contributed by atoms with Gasteiger partial charge in [-0.05, 0) is 25.1 Å². The summed E-state index contributed by atoms with van der Waals surface area (Å²) >= 11 is 0. The lowest BCUT2D eigenvalue weighted by Gasteiger charge is -2.34. The van der Waals surface area contributed by atoms with Crippen LogP contribution in [0.4, 0.5) is 14.6 Å². The molecule has 0 saturated carbocycles. The van der Waals surface area contributed by atoms with Crippen molar-refractivity contribution in [3.8, 4) is 5.82 Å². The van der Waals surface area contributed by atoms with Gasteiger partial charge in [0.25, 0.3) is 0 Å². The first-order valence-corrected chi connectivity index (χ1v) is 10.3. The van der Waals surface area contributed by atoms with Crippen LogP contribution in [0.2, 0.25) is 0 Å². The van der Waals surface area contributed by atoms with Gasteiger partial charge in [0.15, 0.2) is 11.6 Å². The average Bonchev–Trinajstić information content (AvgIpc) is 3.16. The van der Waals surface area contributed by atoms with Crippen LogP contribution in [0, 0.1) is 18.6 Å². The van der Waals surface area contributed by atoms with E-state index in [9.17, 15) is 17.2 Å². The molecule has 0 radical (unpaired) electrons. The number of piperazine rings is 1. The van der Waals surface area contributed by atoms with Gasteiger partial charge < -0.3 is 4.90 Å². The number of halogens is 2. The number of nitrogens with zero attached hydrogens (tertiary/aromatic N) is 6. The molecule has 0 aliphatic carbocycles. The van der Waals surface area contributed by atoms with Gasteiger partial charge in [-0.1, -0.05) is 0 Å². The molecule has 1 aromatic carbocycles. The number of aryl methyl sites for hydroxylation is 1. The lowest BCUT2D eigenvalue weighted by atomic mass is 10.3. The number of benzene rings is 1. The molecule has 29 heavy (non-hydrogen) atoms. The number of imidazole rings is 1. The SMILES string of the molecule is Cc1nccn1-c1cc(N2CCN(S(=O)(=O)c3ccc(F)c(F)c3)CC2)ncn1. The average molecular weight is 420 g/mol. The van der Waals surface area contributed by atoms with E-state index in [1.54, 1.807) is 12.4 Å². The Morgan fingerprint density at radius 3 is 2.31 bits per heavy atom. The van der Waals surface area contributed by atoms with Gasteiger partial charge >= 0.3 is 0 Å². The first kappa shape index (κ1) is 19.4. The van der Waals surface area contributed by atoms with Crippen molar-refractivity contribution in [3.63, 3.8) is 0 Å². The van der Waals surface area contributed by atoms with E-state index >= 15 is 0 Å². The van der Waals surface area contributed by atoms with Crippen molar-refractivity contribution in [2.24, 2.45) is 0 Å². The molecule has 152 valence electrons. The predicted octanol–water partition coefficient (Wildman–Crippen LogP) is 1.76. The van der Waals surface area contributed by atoms with Crippen LogP contribution in [-0.4, -0.2) is 58.4 Å². The molecule has 2 aromatic heterocycles. The maximum absolute atomic E-state index is 13.5. The molecule has 1 saturated heterocycles. The molecule has 3 aromatic rings. The zero-order valence-corrected chi connectivity index (χ0v) is 16.4. The smallest absolute Gasteiger partial charge is 0.243 e. The fraction of sp³-hybridized carbons (Fsp3) is 0.278. The number of hydrogen-bond acceptors (Lipinski definition) is 6. The van der Waals surface area contributed by atoms with Crippen LogP contribution in [0.3, 0.4) is 0 Å². The normalized spacial score (nSPS) is 15.6. The Hall–Kier alpha value is -2.92. The van der Waals surface area contributed by atoms with Crippen LogP contribution in [0.15, 0.2) is 47.9 Å². The number of hydrogen-bond donors (Lipinski definition) is 0. The van der Waals surface area contributed by atoms with E-state index in [4.69, 9.17) is 0 Å². The summed E-state index contributed by atoms with van der Waals surface area (Å²) in [7, 11) is -3.90. The molecule has 0 unspecified atom stereocenters. The summed E-state index contributed by atoms with van der Waals surface area (Å²) in [5.74, 6) is -0.138. The highest BCUT2D eigenvalue weighted by molar-refractivity contribution is 7.89. The van der Waals surface area contributed by atoms with Crippen molar-refractivity contribution >= 4 is 15.8 Å². The van der Waals surface area contributed by atoms with E-state index in [1.807, 2.05) is 22.5 Å². The second-order valence-corrected chi connectivity index (χ2v) is 8.48. The highest BCUT2D eigenvalue weighted by Crippen LogP contribution is 2.22. The van der Waals surface area contributed by atoms with E-state index in [-0.39, 0.29) is 18.0 Å². The van der Waals surface area contributed by atoms with E-state index < -0.39 is 21.7 Å². The molecular formula is C18H18F2N6O2S. The molecule has 0 spiro atoms. The Morgan fingerprint density at radius 2 is 1.66 bits per heavy atom. The van der Waals surface area contributed by atoms with Gasteiger partial charge in [-0.3, -0.25) is 4.57 Å². The van der Waals surface area contributed by atoms with Gasteiger partial charge in [-0.2, -0.15) is 4.31 Å². The lowest BCUT2D eigenvalue weighted by molar-refractivity contribution is 0.383. The third-order valence-electron chi connectivity index (χ3n) is 4.80. The van der Waals surface area contributed by atoms with Crippen LogP contribution in [0.1, 0.15) is 5.82 Å². The van der Waals surface area contributed by atoms with Gasteiger partial charge in [-0.15, -0.1) is 0 Å². The van der Waals surface area contributed by atoms with E-state index in [2.05, 4.69) is 15.0 Å². The van der Waals surface area contributed by atoms with Crippen LogP contribution < -0.4 is 4.90 Å². The van der Waals surface area contributed by atoms with Crippen molar-refractivity contribution < 1.29 is 17.2 Å². The minimum Gasteiger partial charge on any atom is -0.354 e. The van der Waals surface area contributed by atoms with Crippen LogP contribution >= 0.6 is 0 Å². The molecule has 1 fully saturated rings. The summed E-state index contributed by atoms with van der Waals surface area (Å²) in [6, 6.07) is 4.42. The van der Waals surface area contributed by atoms with Gasteiger partial charge in [0.1, 0.15) is 23.8 Å². The van der Waals surface area contributed by atoms with Crippen LogP contribution in [0.25, 0.3) is 5.82 Å². The third kappa shape index (κ3) is 3.70. The molecule has 3 heterocycles. The first-order valence-electron chi connectivity index (χ1n) is 8.89. The van der Waals surface area contributed by atoms with Crippen molar-refractivity contribution in [3.05, 3.63) is 60.4 Å². The zero-order valence-electron chi connectivity index (χ0n) is 15.5. The minimum absolute atomic E-state index is 0.199. The largest absolute Gasteiger partial charge is 0.354 e. The Morgan fingerprint density at radius 1 is 0.931 bits per heavy atom. The van der Waals surface area contributed by atoms with Gasteiger partial charge in [-0.25, -0.2) is 32.2 Å². The molecule has 0 atom stereocenters. The molecule has 0 N–H and O–H groups in total. The van der Waals surface area contributed by atoms with Crippen molar-refractivity contribution in [2.75, 3.05) is 31.1 Å². The standard InChI is InChI=1S/C18H18F2N6O2S/c1-13-21-4-5-26(13)18-11-17(22-12-23-18)24-6-8-25(9-7-24)29(27,28)14-2-3-15(19)16(20)10-14/h2-5,10-12H,6-9H2,1H3. The summed E-state index contributed by atoms with van der Waals surface area (Å²) in [4.78, 5) is 14.4. The van der Waals surface area contributed by atoms with Crippen molar-refractivity contribution in [1.82, 2.24) is 23.8 Å². The van der Waals surface area contributed by atoms with Crippen LogP contribution in [0.5, 0.6) is 0 Å². The Balaban J connectivity index is 1.50. The Labute approximate surface area is 166 Å². The van der Waals surface area contributed by atoms with Crippen molar-refractivity contribution in [2.45, 2.75) is 11.8 Å². The molecule has 11 heteroatoms. The predicted molar refractivity (Wildman–Crippen MR) is 101 cm³/mol. The molecule has 0 bridgehead atoms. The molecule has 1 aliphatic rings. The van der Waals surface area contributed by atoms with Gasteiger partial charge in [0.05, 0.1) is 4.90 Å². The molecular weight excluding hydrogens is 402 g/mol. The highest BCUT2D eigenvalue weighted by Gasteiger charge is 2.29. The number of rotatable bonds is 4. The Bertz CT molecular complexity index is 1140. The first-order chi connectivity index (χ1) is 13.9. The fourth-order valence-electron chi connectivity index (χ4n) is 3.21. The van der Waals surface area contributed by atoms with Gasteiger partial charge in [0.2, 0.25) is 10.0 Å². The summed E-state index contributed by atoms with van der Waals surface area (Å²) in [5.41, 5.74) is 0. The summed E-state index contributed by atoms with van der Waals surface area (Å²) in [6.07, 6.45) is 4.93. The van der Waals surface area contributed by atoms with Crippen molar-refractivity contribution in [1.29, 1.82) is 0 Å². The second kappa shape index (κ2) is 7.48. The zero-order chi connectivity index (χ0) is 20.6. The molecule has 8 nitrogen and oxygen atoms in total. The second-order valence-electron chi connectivity index (χ2n) is 6.55. The maximum Gasteiger partial charge on any atom is 0.243 e. The third-order valence-corrected chi connectivity index (χ3v) is 6.70. The minimum atomic E-state index is -3.90.